The van der Waals surface area contributed by atoms with Crippen molar-refractivity contribution in [3.05, 3.63) is 45.2 Å². The molecule has 0 unspecified atom stereocenters. The van der Waals surface area contributed by atoms with Gasteiger partial charge in [0.1, 0.15) is 4.21 Å². The molecule has 8 heteroatoms. The molecule has 0 radical (unpaired) electrons. The van der Waals surface area contributed by atoms with Gasteiger partial charge >= 0.3 is 0 Å². The Morgan fingerprint density at radius 1 is 1.09 bits per heavy atom. The summed E-state index contributed by atoms with van der Waals surface area (Å²) in [6.07, 6.45) is 7.40. The van der Waals surface area contributed by atoms with Crippen molar-refractivity contribution >= 4 is 48.9 Å². The van der Waals surface area contributed by atoms with E-state index in [9.17, 15) is 13.2 Å². The van der Waals surface area contributed by atoms with Crippen LogP contribution in [0, 0.1) is 5.41 Å². The van der Waals surface area contributed by atoms with Crippen LogP contribution in [0.25, 0.3) is 0 Å². The predicted molar refractivity (Wildman–Crippen MR) is 132 cm³/mol. The molecule has 1 aliphatic heterocycles. The maximum absolute atomic E-state index is 13.6. The van der Waals surface area contributed by atoms with Crippen molar-refractivity contribution in [3.8, 4) is 0 Å². The fraction of sp³-hybridized carbons (Fsp3) is 0.542. The zero-order chi connectivity index (χ0) is 22.9. The molecule has 1 aromatic carbocycles. The van der Waals surface area contributed by atoms with Crippen LogP contribution in [0.3, 0.4) is 0 Å². The number of nitrogens with zero attached hydrogens (tertiary/aromatic N) is 1. The fourth-order valence-electron chi connectivity index (χ4n) is 5.36. The molecule has 32 heavy (non-hydrogen) atoms. The Morgan fingerprint density at radius 3 is 2.38 bits per heavy atom. The first-order valence-electron chi connectivity index (χ1n) is 11.2. The Morgan fingerprint density at radius 2 is 1.75 bits per heavy atom. The zero-order valence-corrected chi connectivity index (χ0v) is 21.9. The van der Waals surface area contributed by atoms with Crippen LogP contribution in [0.2, 0.25) is 0 Å². The van der Waals surface area contributed by atoms with E-state index < -0.39 is 15.6 Å². The third-order valence-electron chi connectivity index (χ3n) is 7.28. The van der Waals surface area contributed by atoms with E-state index >= 15 is 0 Å². The van der Waals surface area contributed by atoms with E-state index in [-0.39, 0.29) is 15.5 Å². The number of thiophene rings is 1. The monoisotopic (exact) mass is 536 g/mol. The van der Waals surface area contributed by atoms with Crippen LogP contribution in [0.4, 0.5) is 5.69 Å². The van der Waals surface area contributed by atoms with Crippen molar-refractivity contribution < 1.29 is 13.2 Å². The Bertz CT molecular complexity index is 1180. The minimum atomic E-state index is -3.66. The SMILES string of the molecule is CC(C)(C)NS(=O)(=O)c1cc(C(=O)N2CC3(CCC4(CC4)CC3)c3cc(Br)ccc32)cs1. The molecule has 2 aromatic rings. The van der Waals surface area contributed by atoms with Crippen molar-refractivity contribution in [2.45, 2.75) is 74.5 Å². The molecule has 0 saturated heterocycles. The van der Waals surface area contributed by atoms with Gasteiger partial charge in [0.25, 0.3) is 15.9 Å². The Labute approximate surface area is 202 Å². The van der Waals surface area contributed by atoms with E-state index in [1.54, 1.807) is 26.2 Å². The van der Waals surface area contributed by atoms with Gasteiger partial charge in [-0.15, -0.1) is 11.3 Å². The molecule has 5 nitrogen and oxygen atoms in total. The maximum Gasteiger partial charge on any atom is 0.259 e. The van der Waals surface area contributed by atoms with Crippen LogP contribution < -0.4 is 9.62 Å². The highest BCUT2D eigenvalue weighted by Gasteiger charge is 2.53. The first kappa shape index (κ1) is 22.6. The minimum Gasteiger partial charge on any atom is -0.307 e. The van der Waals surface area contributed by atoms with Gasteiger partial charge in [-0.3, -0.25) is 4.79 Å². The van der Waals surface area contributed by atoms with Gasteiger partial charge in [-0.25, -0.2) is 13.1 Å². The van der Waals surface area contributed by atoms with Gasteiger partial charge in [-0.1, -0.05) is 15.9 Å². The van der Waals surface area contributed by atoms with Gasteiger partial charge in [-0.2, -0.15) is 0 Å². The smallest absolute Gasteiger partial charge is 0.259 e. The van der Waals surface area contributed by atoms with Crippen molar-refractivity contribution in [2.75, 3.05) is 11.4 Å². The average Bonchev–Trinajstić information content (AvgIpc) is 3.15. The summed E-state index contributed by atoms with van der Waals surface area (Å²) in [5.74, 6) is -0.120. The van der Waals surface area contributed by atoms with Crippen LogP contribution in [0.15, 0.2) is 38.3 Å². The number of anilines is 1. The molecule has 2 aliphatic carbocycles. The van der Waals surface area contributed by atoms with E-state index in [0.29, 0.717) is 17.5 Å². The second-order valence-electron chi connectivity index (χ2n) is 10.8. The number of nitrogens with one attached hydrogen (secondary N) is 1. The van der Waals surface area contributed by atoms with Crippen molar-refractivity contribution in [1.82, 2.24) is 4.72 Å². The summed E-state index contributed by atoms with van der Waals surface area (Å²) in [4.78, 5) is 15.5. The quantitative estimate of drug-likeness (QED) is 0.535. The molecule has 2 saturated carbocycles. The highest BCUT2D eigenvalue weighted by Crippen LogP contribution is 2.62. The van der Waals surface area contributed by atoms with Gasteiger partial charge in [0.2, 0.25) is 0 Å². The molecule has 0 bridgehead atoms. The molecule has 5 rings (SSSR count). The lowest BCUT2D eigenvalue weighted by atomic mass is 9.66. The molecular formula is C24H29BrN2O3S2. The largest absolute Gasteiger partial charge is 0.307 e. The topological polar surface area (TPSA) is 66.5 Å². The standard InChI is InChI=1S/C24H29BrN2O3S2/c1-22(2,3)26-32(29,30)20-12-16(14-31-20)21(28)27-15-24(10-8-23(6-7-23)9-11-24)18-13-17(25)4-5-19(18)27/h4-5,12-14,26H,6-11,15H2,1-3H3. The fourth-order valence-corrected chi connectivity index (χ4v) is 8.30. The van der Waals surface area contributed by atoms with Gasteiger partial charge in [0.15, 0.2) is 0 Å². The van der Waals surface area contributed by atoms with Crippen LogP contribution >= 0.6 is 27.3 Å². The summed E-state index contributed by atoms with van der Waals surface area (Å²) in [5.41, 5.74) is 2.65. The number of rotatable bonds is 3. The van der Waals surface area contributed by atoms with Crippen LogP contribution in [-0.4, -0.2) is 26.4 Å². The molecule has 1 amide bonds. The molecule has 2 spiro atoms. The normalized spacial score (nSPS) is 21.2. The second kappa shape index (κ2) is 7.39. The molecule has 0 atom stereocenters. The molecular weight excluding hydrogens is 508 g/mol. The second-order valence-corrected chi connectivity index (χ2v) is 14.6. The van der Waals surface area contributed by atoms with Gasteiger partial charge < -0.3 is 4.90 Å². The summed E-state index contributed by atoms with van der Waals surface area (Å²) < 4.78 is 29.3. The number of carbonyl (C=O) groups excluding carboxylic acids is 1. The highest BCUT2D eigenvalue weighted by molar-refractivity contribution is 9.10. The van der Waals surface area contributed by atoms with Crippen LogP contribution in [-0.2, 0) is 15.4 Å². The van der Waals surface area contributed by atoms with E-state index in [4.69, 9.17) is 0 Å². The highest BCUT2D eigenvalue weighted by atomic mass is 79.9. The van der Waals surface area contributed by atoms with Gasteiger partial charge in [-0.05, 0) is 94.5 Å². The Balaban J connectivity index is 1.44. The van der Waals surface area contributed by atoms with Crippen LogP contribution in [0.1, 0.15) is 75.2 Å². The number of hydrogen-bond donors (Lipinski definition) is 1. The number of amides is 1. The molecule has 2 fully saturated rings. The maximum atomic E-state index is 13.6. The summed E-state index contributed by atoms with van der Waals surface area (Å²) in [7, 11) is -3.66. The molecule has 2 heterocycles. The number of hydrogen-bond acceptors (Lipinski definition) is 4. The van der Waals surface area contributed by atoms with Gasteiger partial charge in [0, 0.05) is 33.0 Å². The first-order valence-corrected chi connectivity index (χ1v) is 14.3. The summed E-state index contributed by atoms with van der Waals surface area (Å²) in [6, 6.07) is 7.72. The van der Waals surface area contributed by atoms with E-state index in [1.165, 1.54) is 37.3 Å². The third-order valence-corrected chi connectivity index (χ3v) is 11.0. The van der Waals surface area contributed by atoms with E-state index in [2.05, 4.69) is 26.7 Å². The van der Waals surface area contributed by atoms with Crippen molar-refractivity contribution in [1.29, 1.82) is 0 Å². The lowest BCUT2D eigenvalue weighted by molar-refractivity contribution is 0.0980. The number of halogens is 1. The van der Waals surface area contributed by atoms with E-state index in [1.807, 2.05) is 17.0 Å². The molecule has 1 aromatic heterocycles. The number of sulfonamides is 1. The van der Waals surface area contributed by atoms with E-state index in [0.717, 1.165) is 34.3 Å². The average molecular weight is 538 g/mol. The molecule has 172 valence electrons. The van der Waals surface area contributed by atoms with Crippen LogP contribution in [0.5, 0.6) is 0 Å². The summed E-state index contributed by atoms with van der Waals surface area (Å²) >= 11 is 4.72. The zero-order valence-electron chi connectivity index (χ0n) is 18.7. The number of benzene rings is 1. The Kier molecular flexibility index (Phi) is 5.21. The summed E-state index contributed by atoms with van der Waals surface area (Å²) in [6.45, 7) is 6.09. The first-order chi connectivity index (χ1) is 14.9. The predicted octanol–water partition coefficient (Wildman–Crippen LogP) is 5.84. The number of carbonyl (C=O) groups is 1. The van der Waals surface area contributed by atoms with Crippen molar-refractivity contribution in [3.63, 3.8) is 0 Å². The lowest BCUT2D eigenvalue weighted by Gasteiger charge is -2.38. The molecule has 3 aliphatic rings. The molecule has 1 N–H and O–H groups in total. The summed E-state index contributed by atoms with van der Waals surface area (Å²) in [5, 5.41) is 1.67. The number of fused-ring (bicyclic) bond motifs is 2. The van der Waals surface area contributed by atoms with Gasteiger partial charge in [0.05, 0.1) is 5.56 Å². The Hall–Kier alpha value is -1.22. The minimum absolute atomic E-state index is 0.00132. The lowest BCUT2D eigenvalue weighted by Crippen LogP contribution is -2.40. The third kappa shape index (κ3) is 3.97. The van der Waals surface area contributed by atoms with Crippen molar-refractivity contribution in [2.24, 2.45) is 5.41 Å².